The van der Waals surface area contributed by atoms with Crippen LogP contribution in [0.2, 0.25) is 0 Å². The highest BCUT2D eigenvalue weighted by Crippen LogP contribution is 2.31. The number of rotatable bonds is 5. The van der Waals surface area contributed by atoms with Gasteiger partial charge in [-0.2, -0.15) is 0 Å². The Hall–Kier alpha value is -1.22. The van der Waals surface area contributed by atoms with Crippen molar-refractivity contribution in [2.45, 2.75) is 26.3 Å². The van der Waals surface area contributed by atoms with E-state index in [1.165, 1.54) is 0 Å². The summed E-state index contributed by atoms with van der Waals surface area (Å²) >= 11 is 0. The summed E-state index contributed by atoms with van der Waals surface area (Å²) in [6.45, 7) is 4.32. The molecule has 0 aromatic heterocycles. The second-order valence-corrected chi connectivity index (χ2v) is 4.34. The Morgan fingerprint density at radius 2 is 1.88 bits per heavy atom. The van der Waals surface area contributed by atoms with E-state index in [2.05, 4.69) is 13.8 Å². The minimum atomic E-state index is -0.00921. The van der Waals surface area contributed by atoms with Gasteiger partial charge in [-0.3, -0.25) is 0 Å². The Kier molecular flexibility index (Phi) is 4.62. The molecule has 0 saturated carbocycles. The van der Waals surface area contributed by atoms with Crippen LogP contribution >= 0.6 is 0 Å². The second-order valence-electron chi connectivity index (χ2n) is 4.34. The lowest BCUT2D eigenvalue weighted by Gasteiger charge is -2.18. The summed E-state index contributed by atoms with van der Waals surface area (Å²) in [5.74, 6) is 2.20. The van der Waals surface area contributed by atoms with Gasteiger partial charge >= 0.3 is 0 Å². The first-order valence-corrected chi connectivity index (χ1v) is 5.56. The van der Waals surface area contributed by atoms with Crippen molar-refractivity contribution in [3.8, 4) is 11.5 Å². The predicted molar refractivity (Wildman–Crippen MR) is 65.9 cm³/mol. The van der Waals surface area contributed by atoms with Crippen LogP contribution in [0.3, 0.4) is 0 Å². The minimum Gasteiger partial charge on any atom is -0.497 e. The van der Waals surface area contributed by atoms with Crippen molar-refractivity contribution in [3.05, 3.63) is 23.8 Å². The van der Waals surface area contributed by atoms with Crippen molar-refractivity contribution in [2.24, 2.45) is 11.7 Å². The number of methoxy groups -OCH3 is 2. The number of hydrogen-bond acceptors (Lipinski definition) is 3. The molecule has 0 amide bonds. The summed E-state index contributed by atoms with van der Waals surface area (Å²) in [5.41, 5.74) is 7.17. The molecule has 0 saturated heterocycles. The van der Waals surface area contributed by atoms with E-state index < -0.39 is 0 Å². The number of ether oxygens (including phenoxy) is 2. The van der Waals surface area contributed by atoms with E-state index in [0.717, 1.165) is 23.5 Å². The van der Waals surface area contributed by atoms with E-state index in [1.54, 1.807) is 14.2 Å². The Bertz CT molecular complexity index is 337. The van der Waals surface area contributed by atoms with E-state index in [9.17, 15) is 0 Å². The number of benzene rings is 1. The van der Waals surface area contributed by atoms with Gasteiger partial charge < -0.3 is 15.2 Å². The molecular formula is C13H21NO2. The van der Waals surface area contributed by atoms with Gasteiger partial charge in [0.2, 0.25) is 0 Å². The molecule has 0 fully saturated rings. The second kappa shape index (κ2) is 5.75. The zero-order chi connectivity index (χ0) is 12.1. The van der Waals surface area contributed by atoms with Crippen LogP contribution in [0, 0.1) is 5.92 Å². The van der Waals surface area contributed by atoms with Crippen LogP contribution in [-0.2, 0) is 0 Å². The third-order valence-corrected chi connectivity index (χ3v) is 2.56. The molecule has 0 radical (unpaired) electrons. The summed E-state index contributed by atoms with van der Waals surface area (Å²) in [4.78, 5) is 0. The lowest BCUT2D eigenvalue weighted by molar-refractivity contribution is 0.390. The van der Waals surface area contributed by atoms with Crippen LogP contribution in [0.4, 0.5) is 0 Å². The fourth-order valence-corrected chi connectivity index (χ4v) is 1.76. The predicted octanol–water partition coefficient (Wildman–Crippen LogP) is 2.75. The normalized spacial score (nSPS) is 12.6. The average Bonchev–Trinajstić information content (AvgIpc) is 2.27. The molecule has 1 atom stereocenters. The van der Waals surface area contributed by atoms with Crippen molar-refractivity contribution < 1.29 is 9.47 Å². The van der Waals surface area contributed by atoms with Crippen molar-refractivity contribution in [2.75, 3.05) is 14.2 Å². The maximum atomic E-state index is 6.16. The molecule has 0 aliphatic heterocycles. The van der Waals surface area contributed by atoms with Crippen LogP contribution in [0.25, 0.3) is 0 Å². The zero-order valence-corrected chi connectivity index (χ0v) is 10.5. The molecule has 90 valence electrons. The van der Waals surface area contributed by atoms with Gasteiger partial charge in [-0.15, -0.1) is 0 Å². The van der Waals surface area contributed by atoms with E-state index >= 15 is 0 Å². The summed E-state index contributed by atoms with van der Waals surface area (Å²) < 4.78 is 10.5. The van der Waals surface area contributed by atoms with Crippen LogP contribution < -0.4 is 15.2 Å². The molecule has 0 spiro atoms. The summed E-state index contributed by atoms with van der Waals surface area (Å²) in [7, 11) is 3.31. The Morgan fingerprint density at radius 1 is 1.19 bits per heavy atom. The first kappa shape index (κ1) is 12.8. The lowest BCUT2D eigenvalue weighted by atomic mass is 9.97. The summed E-state index contributed by atoms with van der Waals surface area (Å²) in [5, 5.41) is 0. The molecule has 1 aromatic carbocycles. The molecule has 1 rings (SSSR count). The zero-order valence-electron chi connectivity index (χ0n) is 10.5. The molecule has 0 heterocycles. The Morgan fingerprint density at radius 3 is 2.38 bits per heavy atom. The van der Waals surface area contributed by atoms with Crippen LogP contribution in [0.15, 0.2) is 18.2 Å². The molecule has 0 aliphatic rings. The van der Waals surface area contributed by atoms with Gasteiger partial charge in [0.05, 0.1) is 14.2 Å². The molecule has 3 heteroatoms. The molecule has 0 bridgehead atoms. The van der Waals surface area contributed by atoms with E-state index in [-0.39, 0.29) is 6.04 Å². The first-order valence-electron chi connectivity index (χ1n) is 5.56. The quantitative estimate of drug-likeness (QED) is 0.834. The van der Waals surface area contributed by atoms with Gasteiger partial charge in [0, 0.05) is 11.6 Å². The summed E-state index contributed by atoms with van der Waals surface area (Å²) in [6, 6.07) is 5.72. The molecule has 16 heavy (non-hydrogen) atoms. The standard InChI is InChI=1S/C13H21NO2/c1-9(2)7-12(14)11-8-10(15-3)5-6-13(11)16-4/h5-6,8-9,12H,7,14H2,1-4H3. The fraction of sp³-hybridized carbons (Fsp3) is 0.538. The fourth-order valence-electron chi connectivity index (χ4n) is 1.76. The van der Waals surface area contributed by atoms with E-state index in [1.807, 2.05) is 18.2 Å². The monoisotopic (exact) mass is 223 g/mol. The highest BCUT2D eigenvalue weighted by atomic mass is 16.5. The largest absolute Gasteiger partial charge is 0.497 e. The molecule has 2 N–H and O–H groups in total. The van der Waals surface area contributed by atoms with Gasteiger partial charge in [-0.05, 0) is 30.5 Å². The molecule has 3 nitrogen and oxygen atoms in total. The van der Waals surface area contributed by atoms with Gasteiger partial charge in [0.25, 0.3) is 0 Å². The maximum Gasteiger partial charge on any atom is 0.123 e. The van der Waals surface area contributed by atoms with Crippen molar-refractivity contribution in [3.63, 3.8) is 0 Å². The molecule has 1 unspecified atom stereocenters. The smallest absolute Gasteiger partial charge is 0.123 e. The summed E-state index contributed by atoms with van der Waals surface area (Å²) in [6.07, 6.45) is 0.934. The van der Waals surface area contributed by atoms with Gasteiger partial charge in [0.1, 0.15) is 11.5 Å². The third-order valence-electron chi connectivity index (χ3n) is 2.56. The molecular weight excluding hydrogens is 202 g/mol. The Labute approximate surface area is 97.6 Å². The highest BCUT2D eigenvalue weighted by Gasteiger charge is 2.14. The van der Waals surface area contributed by atoms with Gasteiger partial charge in [-0.25, -0.2) is 0 Å². The minimum absolute atomic E-state index is 0.00921. The lowest BCUT2D eigenvalue weighted by Crippen LogP contribution is -2.14. The number of hydrogen-bond donors (Lipinski definition) is 1. The highest BCUT2D eigenvalue weighted by molar-refractivity contribution is 5.42. The first-order chi connectivity index (χ1) is 7.58. The third kappa shape index (κ3) is 3.14. The van der Waals surface area contributed by atoms with E-state index in [0.29, 0.717) is 5.92 Å². The van der Waals surface area contributed by atoms with Crippen LogP contribution in [0.1, 0.15) is 31.9 Å². The average molecular weight is 223 g/mol. The van der Waals surface area contributed by atoms with Crippen molar-refractivity contribution in [1.29, 1.82) is 0 Å². The van der Waals surface area contributed by atoms with E-state index in [4.69, 9.17) is 15.2 Å². The SMILES string of the molecule is COc1ccc(OC)c(C(N)CC(C)C)c1. The molecule has 1 aromatic rings. The van der Waals surface area contributed by atoms with Crippen molar-refractivity contribution in [1.82, 2.24) is 0 Å². The Balaban J connectivity index is 2.98. The molecule has 0 aliphatic carbocycles. The van der Waals surface area contributed by atoms with Gasteiger partial charge in [-0.1, -0.05) is 13.8 Å². The van der Waals surface area contributed by atoms with Crippen LogP contribution in [-0.4, -0.2) is 14.2 Å². The van der Waals surface area contributed by atoms with Crippen molar-refractivity contribution >= 4 is 0 Å². The van der Waals surface area contributed by atoms with Gasteiger partial charge in [0.15, 0.2) is 0 Å². The number of nitrogens with two attached hydrogens (primary N) is 1. The topological polar surface area (TPSA) is 44.5 Å². The maximum absolute atomic E-state index is 6.16. The van der Waals surface area contributed by atoms with Crippen LogP contribution in [0.5, 0.6) is 11.5 Å².